The van der Waals surface area contributed by atoms with Gasteiger partial charge in [0.2, 0.25) is 0 Å². The zero-order valence-corrected chi connectivity index (χ0v) is 15.3. The number of nitro benzene ring substituents is 1. The van der Waals surface area contributed by atoms with E-state index < -0.39 is 4.92 Å². The molecule has 0 saturated carbocycles. The van der Waals surface area contributed by atoms with E-state index in [-0.39, 0.29) is 30.7 Å². The van der Waals surface area contributed by atoms with Crippen LogP contribution in [0.4, 0.5) is 11.5 Å². The summed E-state index contributed by atoms with van der Waals surface area (Å²) >= 11 is 0. The Morgan fingerprint density at radius 3 is 2.96 bits per heavy atom. The number of benzene rings is 1. The topological polar surface area (TPSA) is 131 Å². The van der Waals surface area contributed by atoms with Crippen molar-refractivity contribution >= 4 is 22.7 Å². The van der Waals surface area contributed by atoms with Crippen molar-refractivity contribution in [2.24, 2.45) is 0 Å². The van der Waals surface area contributed by atoms with Crippen LogP contribution < -0.4 is 5.73 Å². The van der Waals surface area contributed by atoms with Gasteiger partial charge in [0.05, 0.1) is 35.6 Å². The maximum absolute atomic E-state index is 11.2. The number of imidazole rings is 1. The average Bonchev–Trinajstić information content (AvgIpc) is 3.31. The van der Waals surface area contributed by atoms with Gasteiger partial charge in [-0.3, -0.25) is 14.7 Å². The van der Waals surface area contributed by atoms with Crippen LogP contribution in [0, 0.1) is 10.1 Å². The van der Waals surface area contributed by atoms with E-state index in [0.717, 1.165) is 6.42 Å². The number of ether oxygens (including phenoxy) is 2. The highest BCUT2D eigenvalue weighted by atomic mass is 16.6. The van der Waals surface area contributed by atoms with Gasteiger partial charge in [-0.1, -0.05) is 19.1 Å². The number of nitrogens with two attached hydrogens (primary N) is 1. The van der Waals surface area contributed by atoms with Crippen molar-refractivity contribution in [2.45, 2.75) is 44.8 Å². The zero-order chi connectivity index (χ0) is 19.7. The molecule has 10 heteroatoms. The molecule has 0 radical (unpaired) electrons. The molecule has 4 rings (SSSR count). The summed E-state index contributed by atoms with van der Waals surface area (Å²) in [6, 6.07) is 6.59. The number of hydrogen-bond acceptors (Lipinski definition) is 8. The summed E-state index contributed by atoms with van der Waals surface area (Å²) in [6.07, 6.45) is 3.72. The quantitative estimate of drug-likeness (QED) is 0.507. The third-order valence-electron chi connectivity index (χ3n) is 4.92. The van der Waals surface area contributed by atoms with Crippen LogP contribution >= 0.6 is 0 Å². The van der Waals surface area contributed by atoms with E-state index in [1.807, 2.05) is 11.5 Å². The van der Waals surface area contributed by atoms with Crippen molar-refractivity contribution < 1.29 is 14.4 Å². The fourth-order valence-electron chi connectivity index (χ4n) is 3.50. The van der Waals surface area contributed by atoms with Gasteiger partial charge in [0.1, 0.15) is 18.1 Å². The monoisotopic (exact) mass is 384 g/mol. The third-order valence-corrected chi connectivity index (χ3v) is 4.92. The summed E-state index contributed by atoms with van der Waals surface area (Å²) in [5.41, 5.74) is 7.58. The summed E-state index contributed by atoms with van der Waals surface area (Å²) in [6.45, 7) is 2.16. The van der Waals surface area contributed by atoms with Gasteiger partial charge in [-0.15, -0.1) is 0 Å². The lowest BCUT2D eigenvalue weighted by molar-refractivity contribution is -0.386. The minimum atomic E-state index is -0.397. The number of para-hydroxylation sites is 1. The third kappa shape index (κ3) is 3.27. The number of anilines is 1. The Hall–Kier alpha value is -3.11. The first-order valence-electron chi connectivity index (χ1n) is 9.00. The number of nitro groups is 1. The number of aromatic nitrogens is 4. The minimum Gasteiger partial charge on any atom is -0.382 e. The van der Waals surface area contributed by atoms with Crippen LogP contribution in [-0.2, 0) is 16.1 Å². The van der Waals surface area contributed by atoms with Gasteiger partial charge >= 0.3 is 0 Å². The molecule has 146 valence electrons. The number of nitrogen functional groups attached to an aromatic ring is 1. The molecule has 3 heterocycles. The van der Waals surface area contributed by atoms with E-state index in [0.29, 0.717) is 29.0 Å². The van der Waals surface area contributed by atoms with Gasteiger partial charge in [-0.05, 0) is 12.5 Å². The molecule has 3 atom stereocenters. The van der Waals surface area contributed by atoms with E-state index >= 15 is 0 Å². The van der Waals surface area contributed by atoms with Gasteiger partial charge in [0.25, 0.3) is 5.69 Å². The molecule has 1 saturated heterocycles. The van der Waals surface area contributed by atoms with Crippen LogP contribution in [0.5, 0.6) is 0 Å². The van der Waals surface area contributed by atoms with Gasteiger partial charge in [0, 0.05) is 12.5 Å². The Bertz CT molecular complexity index is 1010. The van der Waals surface area contributed by atoms with Crippen LogP contribution in [0.25, 0.3) is 11.2 Å². The lowest BCUT2D eigenvalue weighted by Gasteiger charge is -2.17. The molecule has 10 nitrogen and oxygen atoms in total. The van der Waals surface area contributed by atoms with E-state index in [1.165, 1.54) is 12.4 Å². The van der Waals surface area contributed by atoms with Gasteiger partial charge < -0.3 is 15.2 Å². The standard InChI is InChI=1S/C18H20N6O4/c1-2-13-14(27-8-11-5-3-4-6-12(11)24(25)26)7-15(28-13)23-10-22-16-17(19)20-9-21-18(16)23/h3-6,9-10,13-15H,2,7-8H2,1H3,(H2,19,20,21). The number of rotatable bonds is 6. The maximum Gasteiger partial charge on any atom is 0.274 e. The molecule has 0 bridgehead atoms. The first-order chi connectivity index (χ1) is 13.6. The molecule has 0 amide bonds. The Kier molecular flexibility index (Phi) is 4.88. The number of hydrogen-bond donors (Lipinski definition) is 1. The van der Waals surface area contributed by atoms with Crippen LogP contribution in [0.2, 0.25) is 0 Å². The van der Waals surface area contributed by atoms with Gasteiger partial charge in [-0.2, -0.15) is 0 Å². The summed E-state index contributed by atoms with van der Waals surface area (Å²) < 4.78 is 14.0. The molecule has 3 unspecified atom stereocenters. The average molecular weight is 384 g/mol. The van der Waals surface area contributed by atoms with E-state index in [9.17, 15) is 10.1 Å². The first kappa shape index (κ1) is 18.3. The summed E-state index contributed by atoms with van der Waals surface area (Å²) in [4.78, 5) is 23.3. The molecule has 1 aliphatic heterocycles. The predicted octanol–water partition coefficient (Wildman–Crippen LogP) is 2.60. The molecule has 2 aromatic heterocycles. The smallest absolute Gasteiger partial charge is 0.274 e. The highest BCUT2D eigenvalue weighted by Gasteiger charge is 2.37. The van der Waals surface area contributed by atoms with Crippen molar-refractivity contribution in [2.75, 3.05) is 5.73 Å². The van der Waals surface area contributed by atoms with Crippen LogP contribution in [0.15, 0.2) is 36.9 Å². The summed E-state index contributed by atoms with van der Waals surface area (Å²) in [5, 5.41) is 11.2. The maximum atomic E-state index is 11.2. The second kappa shape index (κ2) is 7.49. The molecule has 0 aliphatic carbocycles. The van der Waals surface area contributed by atoms with E-state index in [2.05, 4.69) is 15.0 Å². The second-order valence-corrected chi connectivity index (χ2v) is 6.59. The Morgan fingerprint density at radius 1 is 1.36 bits per heavy atom. The van der Waals surface area contributed by atoms with E-state index in [1.54, 1.807) is 24.5 Å². The Morgan fingerprint density at radius 2 is 2.18 bits per heavy atom. The first-order valence-corrected chi connectivity index (χ1v) is 9.00. The lowest BCUT2D eigenvalue weighted by atomic mass is 10.1. The van der Waals surface area contributed by atoms with Crippen molar-refractivity contribution in [3.05, 3.63) is 52.6 Å². The Labute approximate surface area is 160 Å². The number of fused-ring (bicyclic) bond motifs is 1. The van der Waals surface area contributed by atoms with Crippen LogP contribution in [-0.4, -0.2) is 36.7 Å². The predicted molar refractivity (Wildman–Crippen MR) is 100 cm³/mol. The molecular weight excluding hydrogens is 364 g/mol. The molecule has 3 aromatic rings. The highest BCUT2D eigenvalue weighted by Crippen LogP contribution is 2.35. The highest BCUT2D eigenvalue weighted by molar-refractivity contribution is 5.81. The summed E-state index contributed by atoms with van der Waals surface area (Å²) in [7, 11) is 0. The molecule has 2 N–H and O–H groups in total. The molecule has 0 spiro atoms. The van der Waals surface area contributed by atoms with Crippen LogP contribution in [0.3, 0.4) is 0 Å². The van der Waals surface area contributed by atoms with Gasteiger partial charge in [-0.25, -0.2) is 15.0 Å². The van der Waals surface area contributed by atoms with Crippen molar-refractivity contribution in [1.82, 2.24) is 19.5 Å². The fraction of sp³-hybridized carbons (Fsp3) is 0.389. The zero-order valence-electron chi connectivity index (χ0n) is 15.3. The normalized spacial score (nSPS) is 22.0. The molecular formula is C18H20N6O4. The van der Waals surface area contributed by atoms with Crippen molar-refractivity contribution in [3.8, 4) is 0 Å². The lowest BCUT2D eigenvalue weighted by Crippen LogP contribution is -2.23. The van der Waals surface area contributed by atoms with E-state index in [4.69, 9.17) is 15.2 Å². The Balaban J connectivity index is 1.52. The molecule has 28 heavy (non-hydrogen) atoms. The molecule has 1 aromatic carbocycles. The minimum absolute atomic E-state index is 0.0544. The molecule has 1 fully saturated rings. The van der Waals surface area contributed by atoms with Crippen LogP contribution in [0.1, 0.15) is 31.6 Å². The molecule has 1 aliphatic rings. The second-order valence-electron chi connectivity index (χ2n) is 6.59. The van der Waals surface area contributed by atoms with Crippen molar-refractivity contribution in [3.63, 3.8) is 0 Å². The largest absolute Gasteiger partial charge is 0.382 e. The van der Waals surface area contributed by atoms with Gasteiger partial charge in [0.15, 0.2) is 11.5 Å². The van der Waals surface area contributed by atoms with Crippen molar-refractivity contribution in [1.29, 1.82) is 0 Å². The number of nitrogens with zero attached hydrogens (tertiary/aromatic N) is 5. The summed E-state index contributed by atoms with van der Waals surface area (Å²) in [5.74, 6) is 0.318. The fourth-order valence-corrected chi connectivity index (χ4v) is 3.50. The SMILES string of the molecule is CCC1OC(n2cnc3c(N)ncnc32)CC1OCc1ccccc1[N+](=O)[O-].